The zero-order valence-corrected chi connectivity index (χ0v) is 34.4. The van der Waals surface area contributed by atoms with Crippen molar-refractivity contribution in [3.8, 4) is 56.2 Å². The molecule has 4 heteroatoms. The molecule has 0 N–H and O–H groups in total. The van der Waals surface area contributed by atoms with E-state index in [0.29, 0.717) is 5.82 Å². The Kier molecular flexibility index (Phi) is 8.57. The highest BCUT2D eigenvalue weighted by atomic mass is 32.1. The van der Waals surface area contributed by atoms with Gasteiger partial charge in [-0.3, -0.25) is 0 Å². The standard InChI is InChI=1S/C56H41N3S/c1-36-17-7-4-12-22-41-31-46-43-23-13-15-25-48(43)56(2,3)49(46)34-52(41)59(36)42-32-45(54-47(33-42)44-24-14-16-26-53(44)60-54)37-27-29-40(30-28-37)55-57-50(38-18-8-5-9-19-38)35-51(58-55)39-20-10-6-11-21-39/h4-21,23-35H,1,22H2,2-3H3/b12-4-,17-7-. The van der Waals surface area contributed by atoms with Gasteiger partial charge in [0.25, 0.3) is 0 Å². The number of aromatic nitrogens is 2. The van der Waals surface area contributed by atoms with E-state index in [9.17, 15) is 0 Å². The number of nitrogens with zero attached hydrogens (tertiary/aromatic N) is 3. The molecule has 2 aliphatic rings. The first-order chi connectivity index (χ1) is 29.4. The van der Waals surface area contributed by atoms with E-state index in [-0.39, 0.29) is 5.41 Å². The maximum atomic E-state index is 5.12. The van der Waals surface area contributed by atoms with Crippen LogP contribution in [-0.2, 0) is 11.8 Å². The van der Waals surface area contributed by atoms with Crippen molar-refractivity contribution in [1.82, 2.24) is 9.97 Å². The lowest BCUT2D eigenvalue weighted by Gasteiger charge is -2.30. The summed E-state index contributed by atoms with van der Waals surface area (Å²) in [6, 6.07) is 58.9. The zero-order valence-electron chi connectivity index (χ0n) is 33.6. The molecular weight excluding hydrogens is 747 g/mol. The predicted molar refractivity (Wildman–Crippen MR) is 254 cm³/mol. The van der Waals surface area contributed by atoms with Crippen LogP contribution in [0.2, 0.25) is 0 Å². The van der Waals surface area contributed by atoms with Gasteiger partial charge < -0.3 is 4.90 Å². The molecule has 0 saturated heterocycles. The van der Waals surface area contributed by atoms with Gasteiger partial charge >= 0.3 is 0 Å². The summed E-state index contributed by atoms with van der Waals surface area (Å²) in [5.74, 6) is 0.699. The average molecular weight is 788 g/mol. The molecule has 0 bridgehead atoms. The molecule has 0 spiro atoms. The number of thiophene rings is 1. The van der Waals surface area contributed by atoms with Crippen LogP contribution in [0.4, 0.5) is 11.4 Å². The molecule has 0 radical (unpaired) electrons. The summed E-state index contributed by atoms with van der Waals surface area (Å²) in [6.07, 6.45) is 9.47. The highest BCUT2D eigenvalue weighted by Crippen LogP contribution is 2.52. The quantitative estimate of drug-likeness (QED) is 0.174. The van der Waals surface area contributed by atoms with Crippen LogP contribution in [-0.4, -0.2) is 9.97 Å². The van der Waals surface area contributed by atoms with Crippen LogP contribution in [0, 0.1) is 0 Å². The number of fused-ring (bicyclic) bond motifs is 7. The Bertz CT molecular complexity index is 3150. The van der Waals surface area contributed by atoms with E-state index in [4.69, 9.17) is 16.5 Å². The minimum atomic E-state index is -0.134. The smallest absolute Gasteiger partial charge is 0.160 e. The predicted octanol–water partition coefficient (Wildman–Crippen LogP) is 15.1. The largest absolute Gasteiger partial charge is 0.311 e. The number of allylic oxidation sites excluding steroid dienone is 4. The highest BCUT2D eigenvalue weighted by Gasteiger charge is 2.37. The third-order valence-corrected chi connectivity index (χ3v) is 13.4. The lowest BCUT2D eigenvalue weighted by atomic mass is 9.82. The molecule has 0 unspecified atom stereocenters. The van der Waals surface area contributed by atoms with E-state index in [0.717, 1.165) is 51.4 Å². The number of anilines is 2. The molecule has 9 aromatic rings. The van der Waals surface area contributed by atoms with Crippen LogP contribution < -0.4 is 4.90 Å². The van der Waals surface area contributed by atoms with E-state index >= 15 is 0 Å². The highest BCUT2D eigenvalue weighted by molar-refractivity contribution is 7.26. The van der Waals surface area contributed by atoms with E-state index in [1.807, 2.05) is 23.5 Å². The van der Waals surface area contributed by atoms with Crippen molar-refractivity contribution < 1.29 is 0 Å². The Hall–Kier alpha value is -7.14. The lowest BCUT2D eigenvalue weighted by Crippen LogP contribution is -2.19. The summed E-state index contributed by atoms with van der Waals surface area (Å²) in [5, 5.41) is 2.50. The molecule has 2 aromatic heterocycles. The Morgan fingerprint density at radius 2 is 1.23 bits per heavy atom. The Labute approximate surface area is 355 Å². The maximum Gasteiger partial charge on any atom is 0.160 e. The van der Waals surface area contributed by atoms with E-state index in [1.165, 1.54) is 59.2 Å². The van der Waals surface area contributed by atoms with Crippen LogP contribution >= 0.6 is 11.3 Å². The molecule has 0 atom stereocenters. The van der Waals surface area contributed by atoms with Crippen molar-refractivity contribution in [1.29, 1.82) is 0 Å². The molecule has 0 saturated carbocycles. The fraction of sp³-hybridized carbons (Fsp3) is 0.0714. The van der Waals surface area contributed by atoms with Gasteiger partial charge in [0, 0.05) is 64.9 Å². The van der Waals surface area contributed by atoms with Gasteiger partial charge in [0.05, 0.1) is 11.4 Å². The Balaban J connectivity index is 1.08. The fourth-order valence-electron chi connectivity index (χ4n) is 9.17. The minimum absolute atomic E-state index is 0.134. The molecule has 0 fully saturated rings. The lowest BCUT2D eigenvalue weighted by molar-refractivity contribution is 0.660. The molecule has 11 rings (SSSR count). The van der Waals surface area contributed by atoms with Crippen molar-refractivity contribution in [2.75, 3.05) is 4.90 Å². The number of rotatable bonds is 5. The summed E-state index contributed by atoms with van der Waals surface area (Å²) in [5.41, 5.74) is 16.9. The van der Waals surface area contributed by atoms with Crippen LogP contribution in [0.5, 0.6) is 0 Å². The molecule has 3 heterocycles. The van der Waals surface area contributed by atoms with Gasteiger partial charge in [0.15, 0.2) is 5.82 Å². The van der Waals surface area contributed by atoms with Crippen molar-refractivity contribution in [2.24, 2.45) is 0 Å². The van der Waals surface area contributed by atoms with E-state index in [2.05, 4.69) is 195 Å². The normalized spacial score (nSPS) is 15.2. The Morgan fingerprint density at radius 3 is 1.98 bits per heavy atom. The Morgan fingerprint density at radius 1 is 0.567 bits per heavy atom. The zero-order chi connectivity index (χ0) is 40.4. The minimum Gasteiger partial charge on any atom is -0.311 e. The molecule has 1 aliphatic heterocycles. The van der Waals surface area contributed by atoms with Gasteiger partial charge in [-0.15, -0.1) is 11.3 Å². The maximum absolute atomic E-state index is 5.12. The summed E-state index contributed by atoms with van der Waals surface area (Å²) in [7, 11) is 0. The number of hydrogen-bond acceptors (Lipinski definition) is 4. The van der Waals surface area contributed by atoms with Gasteiger partial charge in [-0.2, -0.15) is 0 Å². The van der Waals surface area contributed by atoms with Gasteiger partial charge in [-0.25, -0.2) is 9.97 Å². The second-order valence-electron chi connectivity index (χ2n) is 16.3. The summed E-state index contributed by atoms with van der Waals surface area (Å²) < 4.78 is 2.53. The average Bonchev–Trinajstić information content (AvgIpc) is 3.80. The van der Waals surface area contributed by atoms with E-state index in [1.54, 1.807) is 0 Å². The second kappa shape index (κ2) is 14.3. The van der Waals surface area contributed by atoms with Crippen molar-refractivity contribution in [3.05, 3.63) is 217 Å². The van der Waals surface area contributed by atoms with Crippen molar-refractivity contribution in [3.63, 3.8) is 0 Å². The van der Waals surface area contributed by atoms with Gasteiger partial charge in [0.2, 0.25) is 0 Å². The monoisotopic (exact) mass is 787 g/mol. The fourth-order valence-corrected chi connectivity index (χ4v) is 10.4. The molecule has 7 aromatic carbocycles. The second-order valence-corrected chi connectivity index (χ2v) is 17.3. The first-order valence-corrected chi connectivity index (χ1v) is 21.4. The first-order valence-electron chi connectivity index (χ1n) is 20.6. The third kappa shape index (κ3) is 6.03. The molecule has 60 heavy (non-hydrogen) atoms. The molecule has 1 aliphatic carbocycles. The molecule has 3 nitrogen and oxygen atoms in total. The topological polar surface area (TPSA) is 29.0 Å². The summed E-state index contributed by atoms with van der Waals surface area (Å²) in [4.78, 5) is 12.6. The number of benzene rings is 7. The molecule has 286 valence electrons. The van der Waals surface area contributed by atoms with Gasteiger partial charge in [0.1, 0.15) is 0 Å². The van der Waals surface area contributed by atoms with Crippen molar-refractivity contribution in [2.45, 2.75) is 25.7 Å². The van der Waals surface area contributed by atoms with Gasteiger partial charge in [-0.1, -0.05) is 166 Å². The first kappa shape index (κ1) is 36.0. The molecular formula is C56H41N3S. The van der Waals surface area contributed by atoms with E-state index < -0.39 is 0 Å². The molecule has 0 amide bonds. The summed E-state index contributed by atoms with van der Waals surface area (Å²) >= 11 is 1.85. The SMILES string of the molecule is C=C1/C=C\C=C/Cc2cc3c(cc2N1c1cc(-c2ccc(-c4nc(-c5ccccc5)cc(-c5ccccc5)n4)cc2)c2sc4ccccc4c2c1)C(C)(C)c1ccccc1-3. The van der Waals surface area contributed by atoms with Crippen LogP contribution in [0.1, 0.15) is 30.5 Å². The number of hydrogen-bond donors (Lipinski definition) is 0. The van der Waals surface area contributed by atoms with Crippen molar-refractivity contribution >= 4 is 42.9 Å². The van der Waals surface area contributed by atoms with Gasteiger partial charge in [-0.05, 0) is 82.3 Å². The van der Waals surface area contributed by atoms with Crippen LogP contribution in [0.25, 0.3) is 76.3 Å². The van der Waals surface area contributed by atoms with Crippen LogP contribution in [0.3, 0.4) is 0 Å². The summed E-state index contributed by atoms with van der Waals surface area (Å²) in [6.45, 7) is 9.43. The third-order valence-electron chi connectivity index (χ3n) is 12.2. The van der Waals surface area contributed by atoms with Crippen LogP contribution in [0.15, 0.2) is 200 Å².